The molecule has 1 aliphatic carbocycles. The highest BCUT2D eigenvalue weighted by Gasteiger charge is 2.34. The third-order valence-corrected chi connectivity index (χ3v) is 4.16. The minimum absolute atomic E-state index is 0.402. The second-order valence-corrected chi connectivity index (χ2v) is 5.40. The Morgan fingerprint density at radius 1 is 1.30 bits per heavy atom. The van der Waals surface area contributed by atoms with E-state index in [4.69, 9.17) is 10.6 Å². The van der Waals surface area contributed by atoms with E-state index in [2.05, 4.69) is 27.6 Å². The predicted octanol–water partition coefficient (Wildman–Crippen LogP) is 2.29. The number of nitrogens with two attached hydrogens (primary N) is 1. The number of hydrazine groups is 1. The average Bonchev–Trinajstić information content (AvgIpc) is 2.44. The zero-order valence-corrected chi connectivity index (χ0v) is 12.4. The molecule has 2 rings (SSSR count). The molecule has 1 aromatic rings. The fourth-order valence-corrected chi connectivity index (χ4v) is 2.53. The van der Waals surface area contributed by atoms with E-state index >= 15 is 0 Å². The van der Waals surface area contributed by atoms with E-state index in [0.717, 1.165) is 12.4 Å². The Morgan fingerprint density at radius 3 is 2.60 bits per heavy atom. The van der Waals surface area contributed by atoms with Crippen LogP contribution in [0.3, 0.4) is 0 Å². The highest BCUT2D eigenvalue weighted by Crippen LogP contribution is 2.43. The summed E-state index contributed by atoms with van der Waals surface area (Å²) in [5.41, 5.74) is 3.02. The van der Waals surface area contributed by atoms with Gasteiger partial charge in [-0.3, -0.25) is 0 Å². The number of nitrogens with one attached hydrogen (secondary N) is 2. The van der Waals surface area contributed by atoms with Crippen LogP contribution < -0.4 is 16.6 Å². The molecule has 0 saturated heterocycles. The molecular weight excluding hydrogens is 254 g/mol. The summed E-state index contributed by atoms with van der Waals surface area (Å²) in [7, 11) is 0. The first kappa shape index (κ1) is 15.0. The quantitative estimate of drug-likeness (QED) is 0.500. The van der Waals surface area contributed by atoms with E-state index in [1.807, 2.05) is 13.0 Å². The van der Waals surface area contributed by atoms with Gasteiger partial charge in [-0.05, 0) is 31.6 Å². The number of nitrogens with zero attached hydrogens (tertiary/aromatic N) is 2. The maximum absolute atomic E-state index is 5.45. The molecule has 1 aromatic heterocycles. The van der Waals surface area contributed by atoms with E-state index in [9.17, 15) is 0 Å². The number of nitrogen functional groups attached to an aromatic ring is 1. The first-order valence-corrected chi connectivity index (χ1v) is 7.37. The first-order chi connectivity index (χ1) is 9.71. The number of ether oxygens (including phenoxy) is 1. The summed E-state index contributed by atoms with van der Waals surface area (Å²) in [4.78, 5) is 8.75. The number of hydrogen-bond acceptors (Lipinski definition) is 6. The second kappa shape index (κ2) is 6.85. The summed E-state index contributed by atoms with van der Waals surface area (Å²) in [5, 5.41) is 3.43. The van der Waals surface area contributed by atoms with Crippen LogP contribution in [0.25, 0.3) is 0 Å². The standard InChI is InChI=1S/C14H25N5O/c1-3-14(6-5-7-14)10-16-11-8-12(19-15)18-13(17-11)9-20-4-2/h8H,3-7,9-10,15H2,1-2H3,(H2,16,17,18,19). The highest BCUT2D eigenvalue weighted by molar-refractivity contribution is 5.47. The molecule has 20 heavy (non-hydrogen) atoms. The minimum atomic E-state index is 0.402. The summed E-state index contributed by atoms with van der Waals surface area (Å²) in [6, 6.07) is 1.83. The van der Waals surface area contributed by atoms with Crippen molar-refractivity contribution < 1.29 is 4.74 Å². The van der Waals surface area contributed by atoms with Gasteiger partial charge in [-0.1, -0.05) is 13.3 Å². The van der Waals surface area contributed by atoms with E-state index in [1.165, 1.54) is 25.7 Å². The van der Waals surface area contributed by atoms with Crippen LogP contribution in [0.4, 0.5) is 11.6 Å². The minimum Gasteiger partial charge on any atom is -0.374 e. The van der Waals surface area contributed by atoms with E-state index in [0.29, 0.717) is 30.3 Å². The van der Waals surface area contributed by atoms with Crippen LogP contribution in [0.2, 0.25) is 0 Å². The Hall–Kier alpha value is -1.40. The van der Waals surface area contributed by atoms with Crippen molar-refractivity contribution >= 4 is 11.6 Å². The predicted molar refractivity (Wildman–Crippen MR) is 80.2 cm³/mol. The molecule has 0 radical (unpaired) electrons. The van der Waals surface area contributed by atoms with Crippen molar-refractivity contribution in [1.82, 2.24) is 9.97 Å². The molecule has 1 fully saturated rings. The van der Waals surface area contributed by atoms with Gasteiger partial charge in [0.15, 0.2) is 5.82 Å². The second-order valence-electron chi connectivity index (χ2n) is 5.40. The Balaban J connectivity index is 2.02. The van der Waals surface area contributed by atoms with Gasteiger partial charge in [0.25, 0.3) is 0 Å². The lowest BCUT2D eigenvalue weighted by Crippen LogP contribution is -2.36. The van der Waals surface area contributed by atoms with E-state index in [-0.39, 0.29) is 0 Å². The molecule has 0 amide bonds. The van der Waals surface area contributed by atoms with Crippen molar-refractivity contribution in [3.8, 4) is 0 Å². The molecule has 1 aliphatic rings. The van der Waals surface area contributed by atoms with Gasteiger partial charge >= 0.3 is 0 Å². The van der Waals surface area contributed by atoms with Crippen LogP contribution in [0.15, 0.2) is 6.07 Å². The Kier molecular flexibility index (Phi) is 5.14. The smallest absolute Gasteiger partial charge is 0.158 e. The SMILES string of the molecule is CCOCc1nc(NN)cc(NCC2(CC)CCC2)n1. The fourth-order valence-electron chi connectivity index (χ4n) is 2.53. The molecule has 0 unspecified atom stereocenters. The molecule has 4 N–H and O–H groups in total. The lowest BCUT2D eigenvalue weighted by Gasteiger charge is -2.41. The van der Waals surface area contributed by atoms with Crippen LogP contribution >= 0.6 is 0 Å². The number of aromatic nitrogens is 2. The van der Waals surface area contributed by atoms with Gasteiger partial charge in [0.2, 0.25) is 0 Å². The molecule has 6 nitrogen and oxygen atoms in total. The average molecular weight is 279 g/mol. The van der Waals surface area contributed by atoms with Crippen molar-refractivity contribution in [1.29, 1.82) is 0 Å². The van der Waals surface area contributed by atoms with Crippen molar-refractivity contribution in [2.45, 2.75) is 46.1 Å². The van der Waals surface area contributed by atoms with Crippen molar-refractivity contribution in [2.24, 2.45) is 11.3 Å². The number of hydrogen-bond donors (Lipinski definition) is 3. The zero-order valence-electron chi connectivity index (χ0n) is 12.4. The largest absolute Gasteiger partial charge is 0.374 e. The van der Waals surface area contributed by atoms with E-state index < -0.39 is 0 Å². The van der Waals surface area contributed by atoms with Gasteiger partial charge in [0.05, 0.1) is 0 Å². The maximum atomic E-state index is 5.45. The molecule has 6 heteroatoms. The maximum Gasteiger partial charge on any atom is 0.158 e. The molecule has 1 saturated carbocycles. The summed E-state index contributed by atoms with van der Waals surface area (Å²) < 4.78 is 5.35. The molecular formula is C14H25N5O. The van der Waals surface area contributed by atoms with Crippen LogP contribution in [0, 0.1) is 5.41 Å². The first-order valence-electron chi connectivity index (χ1n) is 7.37. The van der Waals surface area contributed by atoms with Crippen molar-refractivity contribution in [2.75, 3.05) is 23.9 Å². The topological polar surface area (TPSA) is 85.1 Å². The molecule has 112 valence electrons. The molecule has 0 aliphatic heterocycles. The molecule has 0 spiro atoms. The van der Waals surface area contributed by atoms with Crippen LogP contribution in [0.1, 0.15) is 45.4 Å². The Morgan fingerprint density at radius 2 is 2.05 bits per heavy atom. The normalized spacial score (nSPS) is 16.6. The van der Waals surface area contributed by atoms with Gasteiger partial charge < -0.3 is 15.5 Å². The highest BCUT2D eigenvalue weighted by atomic mass is 16.5. The van der Waals surface area contributed by atoms with Crippen molar-refractivity contribution in [3.63, 3.8) is 0 Å². The third-order valence-electron chi connectivity index (χ3n) is 4.16. The summed E-state index contributed by atoms with van der Waals surface area (Å²) in [5.74, 6) is 7.51. The van der Waals surface area contributed by atoms with Crippen LogP contribution in [-0.2, 0) is 11.3 Å². The Bertz CT molecular complexity index is 428. The van der Waals surface area contributed by atoms with Gasteiger partial charge in [-0.25, -0.2) is 15.8 Å². The summed E-state index contributed by atoms with van der Waals surface area (Å²) >= 11 is 0. The zero-order chi connectivity index (χ0) is 14.4. The summed E-state index contributed by atoms with van der Waals surface area (Å²) in [6.45, 7) is 6.21. The number of anilines is 2. The van der Waals surface area contributed by atoms with Crippen molar-refractivity contribution in [3.05, 3.63) is 11.9 Å². The van der Waals surface area contributed by atoms with Crippen LogP contribution in [-0.4, -0.2) is 23.1 Å². The van der Waals surface area contributed by atoms with Gasteiger partial charge in [-0.2, -0.15) is 0 Å². The lowest BCUT2D eigenvalue weighted by atomic mass is 9.67. The molecule has 0 aromatic carbocycles. The lowest BCUT2D eigenvalue weighted by molar-refractivity contribution is 0.128. The van der Waals surface area contributed by atoms with Gasteiger partial charge in [-0.15, -0.1) is 0 Å². The van der Waals surface area contributed by atoms with Gasteiger partial charge in [0, 0.05) is 19.2 Å². The van der Waals surface area contributed by atoms with E-state index in [1.54, 1.807) is 0 Å². The van der Waals surface area contributed by atoms with Gasteiger partial charge in [0.1, 0.15) is 18.2 Å². The monoisotopic (exact) mass is 279 g/mol. The molecule has 0 bridgehead atoms. The Labute approximate surface area is 120 Å². The molecule has 0 atom stereocenters. The number of rotatable bonds is 8. The van der Waals surface area contributed by atoms with Crippen LogP contribution in [0.5, 0.6) is 0 Å². The third kappa shape index (κ3) is 3.58. The fraction of sp³-hybridized carbons (Fsp3) is 0.714. The molecule has 1 heterocycles. The summed E-state index contributed by atoms with van der Waals surface area (Å²) in [6.07, 6.45) is 5.15.